The SMILES string of the molecule is CC(C)(C)OC(=O)N1CCC(NC2CCc3c(Br)cccc32)C1. The van der Waals surface area contributed by atoms with E-state index in [2.05, 4.69) is 39.4 Å². The number of benzene rings is 1. The number of fused-ring (bicyclic) bond motifs is 1. The summed E-state index contributed by atoms with van der Waals surface area (Å²) in [7, 11) is 0. The van der Waals surface area contributed by atoms with Crippen molar-refractivity contribution in [2.75, 3.05) is 13.1 Å². The van der Waals surface area contributed by atoms with Crippen molar-refractivity contribution in [1.82, 2.24) is 10.2 Å². The van der Waals surface area contributed by atoms with Crippen molar-refractivity contribution in [3.63, 3.8) is 0 Å². The second kappa shape index (κ2) is 6.44. The Morgan fingerprint density at radius 3 is 2.87 bits per heavy atom. The van der Waals surface area contributed by atoms with Crippen molar-refractivity contribution in [2.45, 2.75) is 57.7 Å². The zero-order chi connectivity index (χ0) is 16.6. The molecule has 1 N–H and O–H groups in total. The molecule has 1 aliphatic heterocycles. The van der Waals surface area contributed by atoms with E-state index in [4.69, 9.17) is 4.74 Å². The Morgan fingerprint density at radius 1 is 1.35 bits per heavy atom. The van der Waals surface area contributed by atoms with Gasteiger partial charge in [-0.1, -0.05) is 28.1 Å². The highest BCUT2D eigenvalue weighted by molar-refractivity contribution is 9.10. The molecule has 1 fully saturated rings. The van der Waals surface area contributed by atoms with Crippen LogP contribution < -0.4 is 5.32 Å². The quantitative estimate of drug-likeness (QED) is 0.841. The summed E-state index contributed by atoms with van der Waals surface area (Å²) < 4.78 is 6.67. The zero-order valence-electron chi connectivity index (χ0n) is 14.1. The number of carbonyl (C=O) groups is 1. The minimum Gasteiger partial charge on any atom is -0.444 e. The minimum absolute atomic E-state index is 0.198. The topological polar surface area (TPSA) is 41.6 Å². The third-order valence-electron chi connectivity index (χ3n) is 4.49. The molecule has 5 heteroatoms. The van der Waals surface area contributed by atoms with E-state index in [1.807, 2.05) is 25.7 Å². The Labute approximate surface area is 146 Å². The van der Waals surface area contributed by atoms with Crippen molar-refractivity contribution < 1.29 is 9.53 Å². The van der Waals surface area contributed by atoms with Crippen LogP contribution in [0.2, 0.25) is 0 Å². The fraction of sp³-hybridized carbons (Fsp3) is 0.611. The molecule has 2 atom stereocenters. The molecule has 2 unspecified atom stereocenters. The number of nitrogens with one attached hydrogen (secondary N) is 1. The molecule has 0 saturated carbocycles. The molecule has 1 aliphatic carbocycles. The van der Waals surface area contributed by atoms with E-state index in [0.717, 1.165) is 32.4 Å². The molecule has 0 spiro atoms. The predicted molar refractivity (Wildman–Crippen MR) is 94.6 cm³/mol. The van der Waals surface area contributed by atoms with Gasteiger partial charge in [-0.25, -0.2) is 4.79 Å². The van der Waals surface area contributed by atoms with E-state index in [1.54, 1.807) is 0 Å². The standard InChI is InChI=1S/C18H25BrN2O2/c1-18(2,3)23-17(22)21-10-9-12(11-21)20-16-8-7-13-14(16)5-4-6-15(13)19/h4-6,12,16,20H,7-11H2,1-3H3. The molecule has 1 aromatic carbocycles. The van der Waals surface area contributed by atoms with Gasteiger partial charge in [0.15, 0.2) is 0 Å². The average Bonchev–Trinajstić information content (AvgIpc) is 3.06. The summed E-state index contributed by atoms with van der Waals surface area (Å²) in [4.78, 5) is 14.0. The smallest absolute Gasteiger partial charge is 0.410 e. The summed E-state index contributed by atoms with van der Waals surface area (Å²) in [6, 6.07) is 7.17. The number of amides is 1. The van der Waals surface area contributed by atoms with Crippen LogP contribution in [0.25, 0.3) is 0 Å². The first-order valence-electron chi connectivity index (χ1n) is 8.35. The molecular weight excluding hydrogens is 356 g/mol. The maximum absolute atomic E-state index is 12.2. The molecule has 4 nitrogen and oxygen atoms in total. The summed E-state index contributed by atoms with van der Waals surface area (Å²) in [5, 5.41) is 3.74. The fourth-order valence-electron chi connectivity index (χ4n) is 3.46. The van der Waals surface area contributed by atoms with E-state index < -0.39 is 5.60 Å². The Balaban J connectivity index is 1.58. The van der Waals surface area contributed by atoms with Gasteiger partial charge in [0.25, 0.3) is 0 Å². The van der Waals surface area contributed by atoms with E-state index in [9.17, 15) is 4.79 Å². The van der Waals surface area contributed by atoms with Crippen LogP contribution in [0.5, 0.6) is 0 Å². The van der Waals surface area contributed by atoms with Crippen LogP contribution in [-0.4, -0.2) is 35.7 Å². The second-order valence-corrected chi connectivity index (χ2v) is 8.33. The molecule has 1 amide bonds. The van der Waals surface area contributed by atoms with Gasteiger partial charge in [0, 0.05) is 29.6 Å². The first-order chi connectivity index (χ1) is 10.8. The Morgan fingerprint density at radius 2 is 2.13 bits per heavy atom. The largest absolute Gasteiger partial charge is 0.444 e. The lowest BCUT2D eigenvalue weighted by Crippen LogP contribution is -2.39. The van der Waals surface area contributed by atoms with Gasteiger partial charge < -0.3 is 15.0 Å². The van der Waals surface area contributed by atoms with Crippen LogP contribution in [-0.2, 0) is 11.2 Å². The monoisotopic (exact) mass is 380 g/mol. The number of nitrogens with zero attached hydrogens (tertiary/aromatic N) is 1. The lowest BCUT2D eigenvalue weighted by atomic mass is 10.1. The molecule has 23 heavy (non-hydrogen) atoms. The summed E-state index contributed by atoms with van der Waals surface area (Å²) >= 11 is 3.65. The van der Waals surface area contributed by atoms with Gasteiger partial charge in [-0.2, -0.15) is 0 Å². The lowest BCUT2D eigenvalue weighted by molar-refractivity contribution is 0.0290. The zero-order valence-corrected chi connectivity index (χ0v) is 15.6. The van der Waals surface area contributed by atoms with Crippen LogP contribution in [0.4, 0.5) is 4.79 Å². The molecule has 126 valence electrons. The van der Waals surface area contributed by atoms with Gasteiger partial charge in [-0.05, 0) is 57.2 Å². The van der Waals surface area contributed by atoms with Gasteiger partial charge in [0.2, 0.25) is 0 Å². The highest BCUT2D eigenvalue weighted by Crippen LogP contribution is 2.36. The third kappa shape index (κ3) is 3.89. The lowest BCUT2D eigenvalue weighted by Gasteiger charge is -2.25. The summed E-state index contributed by atoms with van der Waals surface area (Å²) in [6.07, 6.45) is 3.02. The van der Waals surface area contributed by atoms with E-state index in [1.165, 1.54) is 15.6 Å². The number of carbonyl (C=O) groups excluding carboxylic acids is 1. The molecule has 0 bridgehead atoms. The Kier molecular flexibility index (Phi) is 4.70. The van der Waals surface area contributed by atoms with Crippen LogP contribution in [0.1, 0.15) is 50.8 Å². The molecule has 0 radical (unpaired) electrons. The van der Waals surface area contributed by atoms with E-state index in [-0.39, 0.29) is 6.09 Å². The highest BCUT2D eigenvalue weighted by atomic mass is 79.9. The molecule has 1 heterocycles. The second-order valence-electron chi connectivity index (χ2n) is 7.48. The third-order valence-corrected chi connectivity index (χ3v) is 5.23. The van der Waals surface area contributed by atoms with Gasteiger partial charge in [0.1, 0.15) is 5.60 Å². The minimum atomic E-state index is -0.431. The molecule has 1 saturated heterocycles. The number of likely N-dealkylation sites (tertiary alicyclic amines) is 1. The van der Waals surface area contributed by atoms with Crippen molar-refractivity contribution in [3.8, 4) is 0 Å². The number of ether oxygens (including phenoxy) is 1. The number of halogens is 1. The molecule has 1 aromatic rings. The first-order valence-corrected chi connectivity index (χ1v) is 9.14. The Bertz CT molecular complexity index is 597. The van der Waals surface area contributed by atoms with Crippen molar-refractivity contribution in [2.24, 2.45) is 0 Å². The highest BCUT2D eigenvalue weighted by Gasteiger charge is 2.32. The number of hydrogen-bond acceptors (Lipinski definition) is 3. The van der Waals surface area contributed by atoms with Crippen molar-refractivity contribution in [1.29, 1.82) is 0 Å². The van der Waals surface area contributed by atoms with Crippen molar-refractivity contribution >= 4 is 22.0 Å². The van der Waals surface area contributed by atoms with Crippen LogP contribution in [0.15, 0.2) is 22.7 Å². The number of hydrogen-bond donors (Lipinski definition) is 1. The van der Waals surface area contributed by atoms with Gasteiger partial charge in [-0.3, -0.25) is 0 Å². The van der Waals surface area contributed by atoms with Gasteiger partial charge in [0.05, 0.1) is 0 Å². The molecular formula is C18H25BrN2O2. The number of rotatable bonds is 2. The average molecular weight is 381 g/mol. The van der Waals surface area contributed by atoms with Gasteiger partial charge in [-0.15, -0.1) is 0 Å². The first kappa shape index (κ1) is 16.8. The summed E-state index contributed by atoms with van der Waals surface area (Å²) in [6.45, 7) is 7.22. The van der Waals surface area contributed by atoms with Gasteiger partial charge >= 0.3 is 6.09 Å². The fourth-order valence-corrected chi connectivity index (χ4v) is 4.04. The Hall–Kier alpha value is -1.07. The van der Waals surface area contributed by atoms with Crippen molar-refractivity contribution in [3.05, 3.63) is 33.8 Å². The summed E-state index contributed by atoms with van der Waals surface area (Å²) in [5.41, 5.74) is 2.39. The molecule has 2 aliphatic rings. The predicted octanol–water partition coefficient (Wildman–Crippen LogP) is 4.04. The van der Waals surface area contributed by atoms with E-state index in [0.29, 0.717) is 12.1 Å². The normalized spacial score (nSPS) is 23.9. The summed E-state index contributed by atoms with van der Waals surface area (Å²) in [5.74, 6) is 0. The molecule has 3 rings (SSSR count). The molecule has 0 aromatic heterocycles. The maximum Gasteiger partial charge on any atom is 0.410 e. The van der Waals surface area contributed by atoms with E-state index >= 15 is 0 Å². The van der Waals surface area contributed by atoms with Crippen LogP contribution >= 0.6 is 15.9 Å². The van der Waals surface area contributed by atoms with Crippen LogP contribution in [0.3, 0.4) is 0 Å². The van der Waals surface area contributed by atoms with Crippen LogP contribution in [0, 0.1) is 0 Å². The maximum atomic E-state index is 12.2.